The molecule has 1 aromatic heterocycles. The van der Waals surface area contributed by atoms with Gasteiger partial charge in [0.1, 0.15) is 11.6 Å². The van der Waals surface area contributed by atoms with Gasteiger partial charge in [-0.3, -0.25) is 9.36 Å². The summed E-state index contributed by atoms with van der Waals surface area (Å²) in [4.78, 5) is 21.1. The molecule has 0 aliphatic carbocycles. The third kappa shape index (κ3) is 4.49. The molecule has 2 heterocycles. The molecule has 0 radical (unpaired) electrons. The first-order valence-corrected chi connectivity index (χ1v) is 11.8. The van der Waals surface area contributed by atoms with Crippen LogP contribution in [0, 0.1) is 18.7 Å². The largest absolute Gasteiger partial charge is 0.301 e. The van der Waals surface area contributed by atoms with Gasteiger partial charge in [0.05, 0.1) is 10.9 Å². The number of nitrogens with zero attached hydrogens (tertiary/aromatic N) is 3. The van der Waals surface area contributed by atoms with Gasteiger partial charge in [0.15, 0.2) is 0 Å². The van der Waals surface area contributed by atoms with Gasteiger partial charge in [-0.05, 0) is 87.0 Å². The van der Waals surface area contributed by atoms with Crippen LogP contribution in [0.2, 0.25) is 0 Å². The summed E-state index contributed by atoms with van der Waals surface area (Å²) in [7, 11) is 0. The average molecular weight is 436 g/mol. The zero-order valence-corrected chi connectivity index (χ0v) is 19.9. The van der Waals surface area contributed by atoms with Gasteiger partial charge in [-0.25, -0.2) is 9.37 Å². The van der Waals surface area contributed by atoms with E-state index in [4.69, 9.17) is 4.98 Å². The molecule has 0 bridgehead atoms. The molecule has 0 saturated carbocycles. The Labute approximate surface area is 190 Å². The zero-order chi connectivity index (χ0) is 23.0. The summed E-state index contributed by atoms with van der Waals surface area (Å²) in [6.45, 7) is 13.4. The number of hydrogen-bond acceptors (Lipinski definition) is 3. The molecule has 1 fully saturated rings. The van der Waals surface area contributed by atoms with E-state index < -0.39 is 0 Å². The van der Waals surface area contributed by atoms with Crippen LogP contribution in [0.3, 0.4) is 0 Å². The van der Waals surface area contributed by atoms with Crippen LogP contribution in [0.4, 0.5) is 4.39 Å². The molecule has 2 aromatic carbocycles. The number of benzene rings is 2. The maximum Gasteiger partial charge on any atom is 0.261 e. The first-order valence-electron chi connectivity index (χ1n) is 11.8. The van der Waals surface area contributed by atoms with Crippen LogP contribution in [0.25, 0.3) is 22.0 Å². The van der Waals surface area contributed by atoms with E-state index in [1.165, 1.54) is 18.6 Å². The Morgan fingerprint density at radius 2 is 1.91 bits per heavy atom. The highest BCUT2D eigenvalue weighted by molar-refractivity contribution is 5.84. The van der Waals surface area contributed by atoms with E-state index >= 15 is 0 Å². The molecular formula is C27H34FN3O. The summed E-state index contributed by atoms with van der Waals surface area (Å²) in [5.74, 6) is 1.22. The maximum atomic E-state index is 13.7. The first-order chi connectivity index (χ1) is 15.2. The summed E-state index contributed by atoms with van der Waals surface area (Å²) < 4.78 is 15.5. The molecule has 0 amide bonds. The lowest BCUT2D eigenvalue weighted by Crippen LogP contribution is -2.42. The van der Waals surface area contributed by atoms with Gasteiger partial charge in [-0.2, -0.15) is 0 Å². The Morgan fingerprint density at radius 1 is 1.12 bits per heavy atom. The topological polar surface area (TPSA) is 38.1 Å². The van der Waals surface area contributed by atoms with Crippen LogP contribution in [-0.4, -0.2) is 33.6 Å². The standard InChI is InChI=1S/C27H34FN3O/c1-17(2)26-29-25-11-8-21(23-10-9-22(28)13-19(23)5)14-24(25)27(32)31(26)16-20-7-6-12-30(15-20)18(3)4/h8-11,13-14,17-18,20H,6-7,12,15-16H2,1-5H3/t20-/m0/s1. The van der Waals surface area contributed by atoms with Crippen molar-refractivity contribution < 1.29 is 4.39 Å². The SMILES string of the molecule is Cc1cc(F)ccc1-c1ccc2nc(C(C)C)n(C[C@H]3CCCN(C(C)C)C3)c(=O)c2c1. The molecule has 3 aromatic rings. The van der Waals surface area contributed by atoms with Gasteiger partial charge in [0.25, 0.3) is 5.56 Å². The van der Waals surface area contributed by atoms with Crippen LogP contribution in [0.15, 0.2) is 41.2 Å². The molecule has 1 atom stereocenters. The normalized spacial score (nSPS) is 17.6. The van der Waals surface area contributed by atoms with E-state index in [1.54, 1.807) is 6.07 Å². The fourth-order valence-corrected chi connectivity index (χ4v) is 4.95. The number of halogens is 1. The van der Waals surface area contributed by atoms with Crippen molar-refractivity contribution in [1.29, 1.82) is 0 Å². The fourth-order valence-electron chi connectivity index (χ4n) is 4.95. The van der Waals surface area contributed by atoms with Gasteiger partial charge < -0.3 is 4.90 Å². The predicted molar refractivity (Wildman–Crippen MR) is 130 cm³/mol. The number of likely N-dealkylation sites (tertiary alicyclic amines) is 1. The quantitative estimate of drug-likeness (QED) is 0.512. The van der Waals surface area contributed by atoms with Gasteiger partial charge in [0.2, 0.25) is 0 Å². The molecule has 4 nitrogen and oxygen atoms in total. The lowest BCUT2D eigenvalue weighted by atomic mass is 9.96. The number of hydrogen-bond donors (Lipinski definition) is 0. The van der Waals surface area contributed by atoms with E-state index in [0.29, 0.717) is 23.9 Å². The van der Waals surface area contributed by atoms with Crippen molar-refractivity contribution in [2.75, 3.05) is 13.1 Å². The lowest BCUT2D eigenvalue weighted by Gasteiger charge is -2.36. The molecule has 0 spiro atoms. The maximum absolute atomic E-state index is 13.7. The van der Waals surface area contributed by atoms with Crippen LogP contribution < -0.4 is 5.56 Å². The van der Waals surface area contributed by atoms with Crippen molar-refractivity contribution in [3.8, 4) is 11.1 Å². The second-order valence-corrected chi connectivity index (χ2v) is 9.83. The molecule has 4 rings (SSSR count). The van der Waals surface area contributed by atoms with Gasteiger partial charge in [0, 0.05) is 25.0 Å². The van der Waals surface area contributed by atoms with Gasteiger partial charge in [-0.1, -0.05) is 26.0 Å². The van der Waals surface area contributed by atoms with Crippen molar-refractivity contribution in [2.45, 2.75) is 66.0 Å². The lowest BCUT2D eigenvalue weighted by molar-refractivity contribution is 0.129. The molecule has 32 heavy (non-hydrogen) atoms. The highest BCUT2D eigenvalue weighted by Gasteiger charge is 2.24. The van der Waals surface area contributed by atoms with Crippen molar-refractivity contribution in [3.05, 3.63) is 64.0 Å². The Hall–Kier alpha value is -2.53. The summed E-state index contributed by atoms with van der Waals surface area (Å²) in [6.07, 6.45) is 2.31. The van der Waals surface area contributed by atoms with Crippen molar-refractivity contribution in [1.82, 2.24) is 14.5 Å². The Morgan fingerprint density at radius 3 is 2.59 bits per heavy atom. The van der Waals surface area contributed by atoms with Crippen LogP contribution in [0.5, 0.6) is 0 Å². The van der Waals surface area contributed by atoms with E-state index in [0.717, 1.165) is 47.5 Å². The van der Waals surface area contributed by atoms with Crippen molar-refractivity contribution in [2.24, 2.45) is 5.92 Å². The molecule has 0 unspecified atom stereocenters. The molecule has 5 heteroatoms. The minimum absolute atomic E-state index is 0.0296. The minimum Gasteiger partial charge on any atom is -0.301 e. The fraction of sp³-hybridized carbons (Fsp3) is 0.481. The molecule has 1 saturated heterocycles. The average Bonchev–Trinajstić information content (AvgIpc) is 2.75. The van der Waals surface area contributed by atoms with Gasteiger partial charge in [-0.15, -0.1) is 0 Å². The van der Waals surface area contributed by atoms with Crippen LogP contribution >= 0.6 is 0 Å². The summed E-state index contributed by atoms with van der Waals surface area (Å²) in [5, 5.41) is 0.632. The van der Waals surface area contributed by atoms with Crippen molar-refractivity contribution >= 4 is 10.9 Å². The number of rotatable bonds is 5. The second-order valence-electron chi connectivity index (χ2n) is 9.83. The highest BCUT2D eigenvalue weighted by atomic mass is 19.1. The van der Waals surface area contributed by atoms with E-state index in [9.17, 15) is 9.18 Å². The Bertz CT molecular complexity index is 1180. The molecule has 1 aliphatic rings. The highest BCUT2D eigenvalue weighted by Crippen LogP contribution is 2.27. The Balaban J connectivity index is 1.78. The zero-order valence-electron chi connectivity index (χ0n) is 19.9. The van der Waals surface area contributed by atoms with Crippen molar-refractivity contribution in [3.63, 3.8) is 0 Å². The third-order valence-electron chi connectivity index (χ3n) is 6.72. The van der Waals surface area contributed by atoms with Crippen LogP contribution in [0.1, 0.15) is 57.8 Å². The third-order valence-corrected chi connectivity index (χ3v) is 6.72. The summed E-state index contributed by atoms with van der Waals surface area (Å²) in [5.41, 5.74) is 3.47. The van der Waals surface area contributed by atoms with E-state index in [1.807, 2.05) is 29.7 Å². The number of aryl methyl sites for hydroxylation is 1. The second kappa shape index (κ2) is 9.14. The molecule has 0 N–H and O–H groups in total. The summed E-state index contributed by atoms with van der Waals surface area (Å²) >= 11 is 0. The molecule has 170 valence electrons. The number of fused-ring (bicyclic) bond motifs is 1. The van der Waals surface area contributed by atoms with E-state index in [2.05, 4.69) is 32.6 Å². The Kier molecular flexibility index (Phi) is 6.47. The first kappa shape index (κ1) is 22.7. The predicted octanol–water partition coefficient (Wildman–Crippen LogP) is 5.75. The smallest absolute Gasteiger partial charge is 0.261 e. The molecule has 1 aliphatic heterocycles. The summed E-state index contributed by atoms with van der Waals surface area (Å²) in [6, 6.07) is 11.1. The monoisotopic (exact) mass is 435 g/mol. The van der Waals surface area contributed by atoms with Crippen LogP contribution in [-0.2, 0) is 6.54 Å². The number of aromatic nitrogens is 2. The van der Waals surface area contributed by atoms with E-state index in [-0.39, 0.29) is 17.3 Å². The molecular weight excluding hydrogens is 401 g/mol. The van der Waals surface area contributed by atoms with Gasteiger partial charge >= 0.3 is 0 Å². The number of piperidine rings is 1. The minimum atomic E-state index is -0.249.